The lowest BCUT2D eigenvalue weighted by Gasteiger charge is -2.31. The maximum Gasteiger partial charge on any atom is 0.391 e. The summed E-state index contributed by atoms with van der Waals surface area (Å²) in [4.78, 5) is 3.99. The van der Waals surface area contributed by atoms with E-state index in [1.807, 2.05) is 6.07 Å². The number of alkyl halides is 3. The lowest BCUT2D eigenvalue weighted by atomic mass is 9.85. The molecule has 1 aliphatic rings. The van der Waals surface area contributed by atoms with Gasteiger partial charge in [-0.2, -0.15) is 18.4 Å². The summed E-state index contributed by atoms with van der Waals surface area (Å²) in [5, 5.41) is 14.6. The highest BCUT2D eigenvalue weighted by Crippen LogP contribution is 2.37. The average Bonchev–Trinajstić information content (AvgIpc) is 2.58. The zero-order valence-corrected chi connectivity index (χ0v) is 16.6. The third-order valence-corrected chi connectivity index (χ3v) is 4.33. The zero-order chi connectivity index (χ0) is 18.4. The maximum absolute atomic E-state index is 13.9. The van der Waals surface area contributed by atoms with Gasteiger partial charge in [-0.25, -0.2) is 4.39 Å². The van der Waals surface area contributed by atoms with Crippen LogP contribution in [-0.4, -0.2) is 25.2 Å². The molecule has 2 rings (SSSR count). The van der Waals surface area contributed by atoms with Gasteiger partial charge in [0, 0.05) is 25.2 Å². The molecule has 0 aliphatic heterocycles. The lowest BCUT2D eigenvalue weighted by Crippen LogP contribution is -2.46. The quantitative estimate of drug-likeness (QED) is 0.294. The van der Waals surface area contributed by atoms with Crippen molar-refractivity contribution < 1.29 is 17.6 Å². The molecule has 9 heteroatoms. The summed E-state index contributed by atoms with van der Waals surface area (Å²) in [5.41, 5.74) is 0.572. The summed E-state index contributed by atoms with van der Waals surface area (Å²) >= 11 is 0. The van der Waals surface area contributed by atoms with Crippen LogP contribution in [-0.2, 0) is 6.54 Å². The Kier molecular flexibility index (Phi) is 8.59. The van der Waals surface area contributed by atoms with Crippen LogP contribution in [0.3, 0.4) is 0 Å². The number of rotatable bonds is 3. The van der Waals surface area contributed by atoms with E-state index in [0.29, 0.717) is 24.4 Å². The highest BCUT2D eigenvalue weighted by Gasteiger charge is 2.42. The van der Waals surface area contributed by atoms with Crippen molar-refractivity contribution in [3.63, 3.8) is 0 Å². The van der Waals surface area contributed by atoms with Crippen LogP contribution in [0.4, 0.5) is 17.6 Å². The molecule has 1 aliphatic carbocycles. The number of benzene rings is 1. The van der Waals surface area contributed by atoms with Crippen molar-refractivity contribution in [2.45, 2.75) is 44.4 Å². The highest BCUT2D eigenvalue weighted by molar-refractivity contribution is 14.0. The molecular weight excluding hydrogens is 463 g/mol. The second-order valence-electron chi connectivity index (χ2n) is 6.09. The van der Waals surface area contributed by atoms with Crippen LogP contribution in [0.25, 0.3) is 0 Å². The molecule has 1 fully saturated rings. The maximum atomic E-state index is 13.9. The van der Waals surface area contributed by atoms with Gasteiger partial charge in [0.1, 0.15) is 5.82 Å². The average molecular weight is 484 g/mol. The van der Waals surface area contributed by atoms with Gasteiger partial charge in [0.05, 0.1) is 17.6 Å². The van der Waals surface area contributed by atoms with E-state index in [2.05, 4.69) is 15.6 Å². The molecule has 0 amide bonds. The van der Waals surface area contributed by atoms with Crippen molar-refractivity contribution in [1.82, 2.24) is 10.6 Å². The van der Waals surface area contributed by atoms with Crippen molar-refractivity contribution in [3.8, 4) is 6.07 Å². The molecule has 26 heavy (non-hydrogen) atoms. The highest BCUT2D eigenvalue weighted by atomic mass is 127. The molecule has 2 atom stereocenters. The van der Waals surface area contributed by atoms with Gasteiger partial charge in [-0.15, -0.1) is 24.0 Å². The van der Waals surface area contributed by atoms with Gasteiger partial charge in [0.2, 0.25) is 0 Å². The Balaban J connectivity index is 0.00000338. The van der Waals surface area contributed by atoms with Gasteiger partial charge in [0.15, 0.2) is 5.96 Å². The Hall–Kier alpha value is -1.57. The fourth-order valence-corrected chi connectivity index (χ4v) is 2.95. The first-order valence-electron chi connectivity index (χ1n) is 8.06. The number of aliphatic imine (C=N–C) groups is 1. The van der Waals surface area contributed by atoms with Crippen LogP contribution >= 0.6 is 24.0 Å². The fourth-order valence-electron chi connectivity index (χ4n) is 2.95. The SMILES string of the molecule is CN=C(NCc1ccc(C#N)cc1F)NC1CCCC(C(F)(F)F)C1.I. The predicted molar refractivity (Wildman–Crippen MR) is 102 cm³/mol. The fraction of sp³-hybridized carbons (Fsp3) is 0.529. The van der Waals surface area contributed by atoms with E-state index in [4.69, 9.17) is 5.26 Å². The van der Waals surface area contributed by atoms with Crippen molar-refractivity contribution in [2.75, 3.05) is 7.05 Å². The van der Waals surface area contributed by atoms with E-state index >= 15 is 0 Å². The van der Waals surface area contributed by atoms with E-state index in [1.54, 1.807) is 0 Å². The molecule has 0 saturated heterocycles. The Labute approximate surface area is 167 Å². The first-order valence-corrected chi connectivity index (χ1v) is 8.06. The molecule has 1 saturated carbocycles. The van der Waals surface area contributed by atoms with E-state index < -0.39 is 17.9 Å². The van der Waals surface area contributed by atoms with Gasteiger partial charge >= 0.3 is 6.18 Å². The molecule has 2 N–H and O–H groups in total. The number of nitriles is 1. The molecular formula is C17H21F4IN4. The number of guanidine groups is 1. The van der Waals surface area contributed by atoms with Crippen molar-refractivity contribution in [3.05, 3.63) is 35.1 Å². The summed E-state index contributed by atoms with van der Waals surface area (Å²) in [5.74, 6) is -1.48. The molecule has 0 radical (unpaired) electrons. The third-order valence-electron chi connectivity index (χ3n) is 4.33. The van der Waals surface area contributed by atoms with Crippen molar-refractivity contribution in [2.24, 2.45) is 10.9 Å². The predicted octanol–water partition coefficient (Wildman–Crippen LogP) is 4.10. The molecule has 0 heterocycles. The minimum absolute atomic E-state index is 0. The molecule has 4 nitrogen and oxygen atoms in total. The van der Waals surface area contributed by atoms with Crippen LogP contribution < -0.4 is 10.6 Å². The smallest absolute Gasteiger partial charge is 0.354 e. The largest absolute Gasteiger partial charge is 0.391 e. The number of hydrogen-bond acceptors (Lipinski definition) is 2. The summed E-state index contributed by atoms with van der Waals surface area (Å²) in [7, 11) is 1.51. The van der Waals surface area contributed by atoms with Crippen molar-refractivity contribution >= 4 is 29.9 Å². The second kappa shape index (κ2) is 9.94. The van der Waals surface area contributed by atoms with E-state index in [1.165, 1.54) is 19.2 Å². The minimum atomic E-state index is -4.18. The minimum Gasteiger partial charge on any atom is -0.354 e. The Morgan fingerprint density at radius 3 is 2.65 bits per heavy atom. The number of nitrogens with zero attached hydrogens (tertiary/aromatic N) is 2. The molecule has 0 spiro atoms. The molecule has 0 aromatic heterocycles. The van der Waals surface area contributed by atoms with Gasteiger partial charge in [-0.1, -0.05) is 12.5 Å². The van der Waals surface area contributed by atoms with Crippen LogP contribution in [0.5, 0.6) is 0 Å². The summed E-state index contributed by atoms with van der Waals surface area (Å²) < 4.78 is 52.5. The first-order chi connectivity index (χ1) is 11.8. The second-order valence-corrected chi connectivity index (χ2v) is 6.09. The summed E-state index contributed by atoms with van der Waals surface area (Å²) in [6, 6.07) is 5.67. The molecule has 1 aromatic carbocycles. The topological polar surface area (TPSA) is 60.2 Å². The monoisotopic (exact) mass is 484 g/mol. The van der Waals surface area contributed by atoms with Crippen LogP contribution in [0, 0.1) is 23.1 Å². The van der Waals surface area contributed by atoms with E-state index in [9.17, 15) is 17.6 Å². The molecule has 144 valence electrons. The van der Waals surface area contributed by atoms with Crippen LogP contribution in [0.15, 0.2) is 23.2 Å². The van der Waals surface area contributed by atoms with E-state index in [0.717, 1.165) is 6.07 Å². The summed E-state index contributed by atoms with van der Waals surface area (Å²) in [6.45, 7) is 0.118. The van der Waals surface area contributed by atoms with Crippen molar-refractivity contribution in [1.29, 1.82) is 5.26 Å². The molecule has 0 bridgehead atoms. The third kappa shape index (κ3) is 6.30. The van der Waals surface area contributed by atoms with Gasteiger partial charge in [-0.3, -0.25) is 4.99 Å². The lowest BCUT2D eigenvalue weighted by molar-refractivity contribution is -0.183. The number of halogens is 5. The van der Waals surface area contributed by atoms with E-state index in [-0.39, 0.29) is 55.0 Å². The Morgan fingerprint density at radius 2 is 2.08 bits per heavy atom. The molecule has 1 aromatic rings. The number of hydrogen-bond donors (Lipinski definition) is 2. The zero-order valence-electron chi connectivity index (χ0n) is 14.2. The Morgan fingerprint density at radius 1 is 1.35 bits per heavy atom. The van der Waals surface area contributed by atoms with Gasteiger partial charge in [0.25, 0.3) is 0 Å². The normalized spacial score (nSPS) is 20.7. The van der Waals surface area contributed by atoms with Gasteiger partial charge < -0.3 is 10.6 Å². The van der Waals surface area contributed by atoms with Crippen LogP contribution in [0.1, 0.15) is 36.8 Å². The van der Waals surface area contributed by atoms with Crippen LogP contribution in [0.2, 0.25) is 0 Å². The van der Waals surface area contributed by atoms with Gasteiger partial charge in [-0.05, 0) is 31.4 Å². The first kappa shape index (κ1) is 22.5. The Bertz CT molecular complexity index is 670. The summed E-state index contributed by atoms with van der Waals surface area (Å²) in [6.07, 6.45) is -2.87. The standard InChI is InChI=1S/C17H20F4N4.HI/c1-23-16(24-10-12-6-5-11(9-22)7-15(12)18)25-14-4-2-3-13(8-14)17(19,20)21;/h5-7,13-14H,2-4,8,10H2,1H3,(H2,23,24,25);1H. The molecule has 2 unspecified atom stereocenters. The number of nitrogens with one attached hydrogen (secondary N) is 2.